The van der Waals surface area contributed by atoms with Crippen molar-refractivity contribution >= 4 is 40.1 Å². The molecule has 5 heteroatoms. The zero-order valence-electron chi connectivity index (χ0n) is 6.68. The molecule has 1 aromatic carbocycles. The van der Waals surface area contributed by atoms with Crippen LogP contribution in [0.3, 0.4) is 0 Å². The highest BCUT2D eigenvalue weighted by Crippen LogP contribution is 2.24. The van der Waals surface area contributed by atoms with Crippen LogP contribution in [0, 0.1) is 5.41 Å². The molecule has 0 radical (unpaired) electrons. The number of nitrogens with two attached hydrogens (primary N) is 1. The highest BCUT2D eigenvalue weighted by atomic mass is 35.5. The fourth-order valence-electron chi connectivity index (χ4n) is 0.791. The third-order valence-corrected chi connectivity index (χ3v) is 2.91. The Morgan fingerprint density at radius 3 is 2.62 bits per heavy atom. The Hall–Kier alpha value is -0.380. The first-order chi connectivity index (χ1) is 6.09. The van der Waals surface area contributed by atoms with Crippen LogP contribution in [0.2, 0.25) is 10.0 Å². The maximum Gasteiger partial charge on any atom is 0.151 e. The summed E-state index contributed by atoms with van der Waals surface area (Å²) >= 11 is 12.8. The first kappa shape index (κ1) is 10.7. The van der Waals surface area contributed by atoms with Gasteiger partial charge in [-0.05, 0) is 17.7 Å². The van der Waals surface area contributed by atoms with Gasteiger partial charge in [0.2, 0.25) is 0 Å². The average Bonchev–Trinajstić information content (AvgIpc) is 2.07. The Morgan fingerprint density at radius 1 is 1.38 bits per heavy atom. The van der Waals surface area contributed by atoms with Gasteiger partial charge in [0.15, 0.2) is 5.17 Å². The summed E-state index contributed by atoms with van der Waals surface area (Å²) in [6.07, 6.45) is 0. The number of hydrogen-bond acceptors (Lipinski definition) is 2. The lowest BCUT2D eigenvalue weighted by Crippen LogP contribution is -2.03. The molecule has 3 N–H and O–H groups in total. The van der Waals surface area contributed by atoms with Gasteiger partial charge in [0.25, 0.3) is 0 Å². The topological polar surface area (TPSA) is 49.9 Å². The summed E-state index contributed by atoms with van der Waals surface area (Å²) in [6.45, 7) is 0. The maximum atomic E-state index is 7.02. The van der Waals surface area contributed by atoms with E-state index in [-0.39, 0.29) is 5.17 Å². The van der Waals surface area contributed by atoms with Crippen molar-refractivity contribution in [3.8, 4) is 0 Å². The van der Waals surface area contributed by atoms with E-state index >= 15 is 0 Å². The molecule has 0 aliphatic heterocycles. The molecule has 0 atom stereocenters. The van der Waals surface area contributed by atoms with Gasteiger partial charge in [-0.1, -0.05) is 41.0 Å². The third-order valence-electron chi connectivity index (χ3n) is 1.38. The Kier molecular flexibility index (Phi) is 3.90. The molecule has 0 saturated carbocycles. The van der Waals surface area contributed by atoms with Crippen LogP contribution in [0.5, 0.6) is 0 Å². The van der Waals surface area contributed by atoms with Gasteiger partial charge in [-0.25, -0.2) is 0 Å². The molecule has 1 rings (SSSR count). The molecular formula is C8H8Cl2N2S. The molecule has 0 amide bonds. The molecule has 0 saturated heterocycles. The van der Waals surface area contributed by atoms with E-state index < -0.39 is 0 Å². The molecule has 70 valence electrons. The summed E-state index contributed by atoms with van der Waals surface area (Å²) < 4.78 is 0. The molecule has 0 aromatic heterocycles. The largest absolute Gasteiger partial charge is 0.379 e. The Morgan fingerprint density at radius 2 is 2.08 bits per heavy atom. The second-order valence-corrected chi connectivity index (χ2v) is 4.23. The zero-order valence-corrected chi connectivity index (χ0v) is 9.01. The van der Waals surface area contributed by atoms with Gasteiger partial charge in [0.1, 0.15) is 0 Å². The fraction of sp³-hybridized carbons (Fsp3) is 0.125. The van der Waals surface area contributed by atoms with Crippen molar-refractivity contribution < 1.29 is 0 Å². The van der Waals surface area contributed by atoms with E-state index in [2.05, 4.69) is 0 Å². The van der Waals surface area contributed by atoms with Crippen LogP contribution in [-0.2, 0) is 5.75 Å². The monoisotopic (exact) mass is 234 g/mol. The zero-order chi connectivity index (χ0) is 9.84. The van der Waals surface area contributed by atoms with Gasteiger partial charge in [-0.15, -0.1) is 0 Å². The molecule has 13 heavy (non-hydrogen) atoms. The van der Waals surface area contributed by atoms with E-state index in [1.165, 1.54) is 11.8 Å². The van der Waals surface area contributed by atoms with Gasteiger partial charge in [0, 0.05) is 5.75 Å². The van der Waals surface area contributed by atoms with Gasteiger partial charge in [-0.3, -0.25) is 5.41 Å². The molecule has 2 nitrogen and oxygen atoms in total. The predicted molar refractivity (Wildman–Crippen MR) is 59.7 cm³/mol. The molecule has 0 spiro atoms. The van der Waals surface area contributed by atoms with Crippen LogP contribution in [0.15, 0.2) is 18.2 Å². The maximum absolute atomic E-state index is 7.02. The van der Waals surface area contributed by atoms with Gasteiger partial charge in [-0.2, -0.15) is 0 Å². The van der Waals surface area contributed by atoms with Crippen LogP contribution in [-0.4, -0.2) is 5.17 Å². The van der Waals surface area contributed by atoms with E-state index in [9.17, 15) is 0 Å². The molecule has 0 fully saturated rings. The first-order valence-electron chi connectivity index (χ1n) is 3.50. The summed E-state index contributed by atoms with van der Waals surface area (Å²) in [4.78, 5) is 0. The molecule has 0 aliphatic carbocycles. The highest BCUT2D eigenvalue weighted by molar-refractivity contribution is 8.13. The van der Waals surface area contributed by atoms with Crippen molar-refractivity contribution in [2.45, 2.75) is 5.75 Å². The lowest BCUT2D eigenvalue weighted by molar-refractivity contribution is 1.42. The van der Waals surface area contributed by atoms with Crippen molar-refractivity contribution in [2.75, 3.05) is 0 Å². The third kappa shape index (κ3) is 3.46. The van der Waals surface area contributed by atoms with Gasteiger partial charge in [0.05, 0.1) is 10.0 Å². The summed E-state index contributed by atoms with van der Waals surface area (Å²) in [5.41, 5.74) is 6.20. The number of amidine groups is 1. The second kappa shape index (κ2) is 4.74. The van der Waals surface area contributed by atoms with Gasteiger partial charge >= 0.3 is 0 Å². The average molecular weight is 235 g/mol. The van der Waals surface area contributed by atoms with Gasteiger partial charge < -0.3 is 5.73 Å². The summed E-state index contributed by atoms with van der Waals surface area (Å²) in [6, 6.07) is 5.38. The van der Waals surface area contributed by atoms with Crippen LogP contribution in [0.25, 0.3) is 0 Å². The number of thioether (sulfide) groups is 1. The number of nitrogens with one attached hydrogen (secondary N) is 1. The molecule has 0 unspecified atom stereocenters. The van der Waals surface area contributed by atoms with Crippen molar-refractivity contribution in [1.29, 1.82) is 5.41 Å². The highest BCUT2D eigenvalue weighted by Gasteiger charge is 2.00. The van der Waals surface area contributed by atoms with Crippen molar-refractivity contribution in [3.63, 3.8) is 0 Å². The first-order valence-corrected chi connectivity index (χ1v) is 5.24. The van der Waals surface area contributed by atoms with Crippen LogP contribution < -0.4 is 5.73 Å². The summed E-state index contributed by atoms with van der Waals surface area (Å²) in [5, 5.41) is 8.19. The lowest BCUT2D eigenvalue weighted by Gasteiger charge is -2.01. The van der Waals surface area contributed by atoms with E-state index in [4.69, 9.17) is 34.3 Å². The minimum Gasteiger partial charge on any atom is -0.379 e. The second-order valence-electron chi connectivity index (χ2n) is 2.40. The lowest BCUT2D eigenvalue weighted by atomic mass is 10.2. The number of benzene rings is 1. The van der Waals surface area contributed by atoms with E-state index in [0.717, 1.165) is 5.56 Å². The van der Waals surface area contributed by atoms with Crippen LogP contribution in [0.1, 0.15) is 5.56 Å². The number of hydrogen-bond donors (Lipinski definition) is 2. The molecule has 0 bridgehead atoms. The van der Waals surface area contributed by atoms with Crippen molar-refractivity contribution in [3.05, 3.63) is 33.8 Å². The Labute approximate surface area is 90.9 Å². The Bertz CT molecular complexity index is 328. The number of halogens is 2. The van der Waals surface area contributed by atoms with Crippen molar-refractivity contribution in [1.82, 2.24) is 0 Å². The molecule has 0 heterocycles. The normalized spacial score (nSPS) is 10.0. The Balaban J connectivity index is 2.68. The fourth-order valence-corrected chi connectivity index (χ4v) is 1.61. The van der Waals surface area contributed by atoms with Crippen LogP contribution in [0.4, 0.5) is 0 Å². The molecule has 0 aliphatic rings. The summed E-state index contributed by atoms with van der Waals surface area (Å²) in [7, 11) is 0. The van der Waals surface area contributed by atoms with Crippen molar-refractivity contribution in [2.24, 2.45) is 5.73 Å². The number of rotatable bonds is 2. The smallest absolute Gasteiger partial charge is 0.151 e. The summed E-state index contributed by atoms with van der Waals surface area (Å²) in [5.74, 6) is 0.645. The molecule has 1 aromatic rings. The van der Waals surface area contributed by atoms with E-state index in [1.807, 2.05) is 6.07 Å². The van der Waals surface area contributed by atoms with E-state index in [1.54, 1.807) is 12.1 Å². The van der Waals surface area contributed by atoms with Crippen LogP contribution >= 0.6 is 35.0 Å². The molecular weight excluding hydrogens is 227 g/mol. The SMILES string of the molecule is N=C(N)SCc1ccc(Cl)c(Cl)c1. The predicted octanol–water partition coefficient (Wildman–Crippen LogP) is 3.12. The standard InChI is InChI=1S/C8H8Cl2N2S/c9-6-2-1-5(3-7(6)10)4-13-8(11)12/h1-3H,4H2,(H3,11,12). The quantitative estimate of drug-likeness (QED) is 0.611. The minimum atomic E-state index is 0.103. The minimum absolute atomic E-state index is 0.103. The van der Waals surface area contributed by atoms with E-state index in [0.29, 0.717) is 15.8 Å².